The number of aliphatic hydroxyl groups excluding tert-OH is 1. The minimum Gasteiger partial charge on any atom is -0.455 e. The Balaban J connectivity index is 0.000000649. The summed E-state index contributed by atoms with van der Waals surface area (Å²) in [6.07, 6.45) is 4.24. The fourth-order valence-electron chi connectivity index (χ4n) is 2.92. The topological polar surface area (TPSA) is 163 Å². The Bertz CT molecular complexity index is 588. The first kappa shape index (κ1) is 28.3. The van der Waals surface area contributed by atoms with E-state index in [1.54, 1.807) is 20.9 Å². The van der Waals surface area contributed by atoms with Crippen LogP contribution in [0.2, 0.25) is 0 Å². The Morgan fingerprint density at radius 3 is 1.71 bits per heavy atom. The first-order valence-corrected chi connectivity index (χ1v) is 10.4. The van der Waals surface area contributed by atoms with Gasteiger partial charge in [0.15, 0.2) is 6.61 Å². The van der Waals surface area contributed by atoms with E-state index in [9.17, 15) is 24.0 Å². The van der Waals surface area contributed by atoms with E-state index in [1.165, 1.54) is 7.05 Å². The quantitative estimate of drug-likeness (QED) is 0.269. The highest BCUT2D eigenvalue weighted by molar-refractivity contribution is 5.82. The van der Waals surface area contributed by atoms with Gasteiger partial charge in [-0.05, 0) is 26.7 Å². The average molecular weight is 445 g/mol. The van der Waals surface area contributed by atoms with E-state index in [-0.39, 0.29) is 61.1 Å². The summed E-state index contributed by atoms with van der Waals surface area (Å²) < 4.78 is 4.97. The molecule has 0 aromatic rings. The maximum atomic E-state index is 11.6. The van der Waals surface area contributed by atoms with Crippen LogP contribution < -0.4 is 21.3 Å². The molecule has 0 unspecified atom stereocenters. The van der Waals surface area contributed by atoms with E-state index >= 15 is 0 Å². The lowest BCUT2D eigenvalue weighted by Gasteiger charge is -2.14. The van der Waals surface area contributed by atoms with Gasteiger partial charge in [-0.2, -0.15) is 0 Å². The lowest BCUT2D eigenvalue weighted by Crippen LogP contribution is -2.39. The lowest BCUT2D eigenvalue weighted by molar-refractivity contribution is -0.152. The highest BCUT2D eigenvalue weighted by atomic mass is 16.5. The van der Waals surface area contributed by atoms with Crippen LogP contribution in [0.4, 0.5) is 0 Å². The van der Waals surface area contributed by atoms with Crippen molar-refractivity contribution in [3.63, 3.8) is 0 Å². The molecule has 0 aromatic carbocycles. The van der Waals surface area contributed by atoms with Crippen LogP contribution in [-0.4, -0.2) is 74.1 Å². The second kappa shape index (κ2) is 16.1. The van der Waals surface area contributed by atoms with Crippen molar-refractivity contribution in [1.82, 2.24) is 21.3 Å². The zero-order chi connectivity index (χ0) is 23.8. The zero-order valence-electron chi connectivity index (χ0n) is 18.8. The molecule has 0 radical (unpaired) electrons. The van der Waals surface area contributed by atoms with Gasteiger partial charge >= 0.3 is 5.97 Å². The molecule has 11 nitrogen and oxygen atoms in total. The predicted molar refractivity (Wildman–Crippen MR) is 113 cm³/mol. The van der Waals surface area contributed by atoms with Crippen molar-refractivity contribution in [3.8, 4) is 0 Å². The van der Waals surface area contributed by atoms with Crippen LogP contribution in [0.1, 0.15) is 52.4 Å². The number of amides is 4. The second-order valence-electron chi connectivity index (χ2n) is 7.44. The average Bonchev–Trinajstić information content (AvgIpc) is 3.26. The minimum atomic E-state index is -0.544. The number of nitrogens with one attached hydrogen (secondary N) is 4. The molecular weight excluding hydrogens is 408 g/mol. The van der Waals surface area contributed by atoms with Crippen molar-refractivity contribution in [2.45, 2.75) is 64.5 Å². The number of carbonyl (C=O) groups is 5. The molecule has 1 saturated carbocycles. The lowest BCUT2D eigenvalue weighted by atomic mass is 10.1. The molecule has 1 fully saturated rings. The van der Waals surface area contributed by atoms with Gasteiger partial charge in [0.25, 0.3) is 5.91 Å². The van der Waals surface area contributed by atoms with Crippen molar-refractivity contribution >= 4 is 29.6 Å². The van der Waals surface area contributed by atoms with Gasteiger partial charge in [-0.15, -0.1) is 0 Å². The third kappa shape index (κ3) is 14.0. The van der Waals surface area contributed by atoms with Gasteiger partial charge in [-0.3, -0.25) is 24.0 Å². The molecule has 4 amide bonds. The van der Waals surface area contributed by atoms with Crippen LogP contribution in [0.15, 0.2) is 0 Å². The summed E-state index contributed by atoms with van der Waals surface area (Å²) in [5.41, 5.74) is 0. The van der Waals surface area contributed by atoms with Crippen molar-refractivity contribution in [2.24, 2.45) is 5.92 Å². The van der Waals surface area contributed by atoms with Crippen molar-refractivity contribution in [1.29, 1.82) is 0 Å². The number of hydrogen-bond acceptors (Lipinski definition) is 7. The van der Waals surface area contributed by atoms with Gasteiger partial charge in [0, 0.05) is 39.0 Å². The maximum absolute atomic E-state index is 11.6. The number of ether oxygens (including phenoxy) is 1. The molecule has 5 N–H and O–H groups in total. The Hall–Kier alpha value is -2.69. The highest BCUT2D eigenvalue weighted by Crippen LogP contribution is 2.25. The fraction of sp³-hybridized carbons (Fsp3) is 0.750. The second-order valence-corrected chi connectivity index (χ2v) is 7.44. The fourth-order valence-corrected chi connectivity index (χ4v) is 2.92. The van der Waals surface area contributed by atoms with E-state index in [4.69, 9.17) is 9.84 Å². The Labute approximate surface area is 183 Å². The summed E-state index contributed by atoms with van der Waals surface area (Å²) in [5.74, 6) is -1.45. The van der Waals surface area contributed by atoms with Crippen molar-refractivity contribution in [3.05, 3.63) is 0 Å². The van der Waals surface area contributed by atoms with Crippen LogP contribution in [0.3, 0.4) is 0 Å². The molecule has 178 valence electrons. The van der Waals surface area contributed by atoms with E-state index in [0.29, 0.717) is 0 Å². The van der Waals surface area contributed by atoms with E-state index in [2.05, 4.69) is 21.3 Å². The van der Waals surface area contributed by atoms with Crippen LogP contribution >= 0.6 is 0 Å². The number of aliphatic hydroxyl groups is 1. The minimum absolute atomic E-state index is 0.0453. The summed E-state index contributed by atoms with van der Waals surface area (Å²) in [6.45, 7) is 2.61. The molecule has 11 heteroatoms. The first-order valence-electron chi connectivity index (χ1n) is 10.4. The van der Waals surface area contributed by atoms with Crippen LogP contribution in [0.5, 0.6) is 0 Å². The smallest absolute Gasteiger partial charge is 0.309 e. The number of carbonyl (C=O) groups excluding carboxylic acids is 5. The summed E-state index contributed by atoms with van der Waals surface area (Å²) in [5, 5.41) is 18.3. The number of rotatable bonds is 10. The zero-order valence-corrected chi connectivity index (χ0v) is 18.8. The van der Waals surface area contributed by atoms with E-state index in [0.717, 1.165) is 25.7 Å². The summed E-state index contributed by atoms with van der Waals surface area (Å²) in [6, 6.07) is -0.526. The summed E-state index contributed by atoms with van der Waals surface area (Å²) in [7, 11) is 3.07. The van der Waals surface area contributed by atoms with E-state index < -0.39 is 12.5 Å². The number of esters is 1. The normalized spacial score (nSPS) is 14.9. The Morgan fingerprint density at radius 2 is 1.29 bits per heavy atom. The molecule has 0 aliphatic heterocycles. The maximum Gasteiger partial charge on any atom is 0.309 e. The molecule has 31 heavy (non-hydrogen) atoms. The Morgan fingerprint density at radius 1 is 0.839 bits per heavy atom. The highest BCUT2D eigenvalue weighted by Gasteiger charge is 2.24. The molecule has 0 saturated heterocycles. The largest absolute Gasteiger partial charge is 0.455 e. The monoisotopic (exact) mass is 444 g/mol. The molecular formula is C20H36N4O7. The molecule has 2 atom stereocenters. The SMILES string of the molecule is CNC(=O)C[C@H](C)NC(=O)CO.CNC(=O)C[C@H](C)NC(=O)COC(=O)C1CCCC1. The number of hydrogen-bond donors (Lipinski definition) is 5. The molecule has 0 heterocycles. The summed E-state index contributed by atoms with van der Waals surface area (Å²) in [4.78, 5) is 55.6. The predicted octanol–water partition coefficient (Wildman–Crippen LogP) is -1.02. The Kier molecular flexibility index (Phi) is 14.7. The van der Waals surface area contributed by atoms with Gasteiger partial charge in [-0.25, -0.2) is 0 Å². The molecule has 0 spiro atoms. The van der Waals surface area contributed by atoms with Crippen LogP contribution in [0.25, 0.3) is 0 Å². The molecule has 1 aliphatic rings. The van der Waals surface area contributed by atoms with Crippen LogP contribution in [-0.2, 0) is 28.7 Å². The van der Waals surface area contributed by atoms with Gasteiger partial charge < -0.3 is 31.1 Å². The van der Waals surface area contributed by atoms with Gasteiger partial charge in [-0.1, -0.05) is 12.8 Å². The van der Waals surface area contributed by atoms with Gasteiger partial charge in [0.2, 0.25) is 17.7 Å². The van der Waals surface area contributed by atoms with Crippen LogP contribution in [0, 0.1) is 5.92 Å². The molecule has 1 aliphatic carbocycles. The third-order valence-corrected chi connectivity index (χ3v) is 4.53. The molecule has 1 rings (SSSR count). The third-order valence-electron chi connectivity index (χ3n) is 4.53. The van der Waals surface area contributed by atoms with Gasteiger partial charge in [0.1, 0.15) is 6.61 Å². The molecule has 0 bridgehead atoms. The van der Waals surface area contributed by atoms with Crippen molar-refractivity contribution < 1.29 is 33.8 Å². The van der Waals surface area contributed by atoms with E-state index in [1.807, 2.05) is 0 Å². The standard InChI is InChI=1S/C13H22N2O4.C7H14N2O3/c1-9(7-11(16)14-2)15-12(17)8-19-13(18)10-5-3-4-6-10;1-5(3-6(11)8-2)9-7(12)4-10/h9-10H,3-8H2,1-2H3,(H,14,16)(H,15,17);5,10H,3-4H2,1-2H3,(H,8,11)(H,9,12)/t9-;5-/m00/s1. The molecule has 0 aromatic heterocycles. The first-order chi connectivity index (χ1) is 14.6. The summed E-state index contributed by atoms with van der Waals surface area (Å²) >= 11 is 0. The van der Waals surface area contributed by atoms with Crippen molar-refractivity contribution in [2.75, 3.05) is 27.3 Å². The van der Waals surface area contributed by atoms with Gasteiger partial charge in [0.05, 0.1) is 5.92 Å².